The zero-order valence-corrected chi connectivity index (χ0v) is 19.1. The summed E-state index contributed by atoms with van der Waals surface area (Å²) < 4.78 is 220. The summed E-state index contributed by atoms with van der Waals surface area (Å²) in [7, 11) is 0. The zero-order valence-electron chi connectivity index (χ0n) is 19.1. The van der Waals surface area contributed by atoms with E-state index >= 15 is 0 Å². The molecule has 0 fully saturated rings. The van der Waals surface area contributed by atoms with E-state index in [2.05, 4.69) is 0 Å². The number of hydrogen-bond donors (Lipinski definition) is 0. The highest BCUT2D eigenvalue weighted by molar-refractivity contribution is 5.15. The SMILES string of the molecule is CCCCCCCCC(F)(F)C(F)(F)C(F)(F)C(F)(F)C(F)(F)C(F)(F)C(F)(F)C(F)(F)CCCC. The van der Waals surface area contributed by atoms with E-state index in [4.69, 9.17) is 0 Å². The Balaban J connectivity index is 6.22. The van der Waals surface area contributed by atoms with Gasteiger partial charge in [-0.15, -0.1) is 0 Å². The van der Waals surface area contributed by atoms with Crippen LogP contribution in [0.5, 0.6) is 0 Å². The van der Waals surface area contributed by atoms with E-state index in [9.17, 15) is 70.2 Å². The number of unbranched alkanes of at least 4 members (excludes halogenated alkanes) is 6. The lowest BCUT2D eigenvalue weighted by Gasteiger charge is -2.43. The first-order valence-corrected chi connectivity index (χ1v) is 10.9. The van der Waals surface area contributed by atoms with Crippen molar-refractivity contribution < 1.29 is 70.2 Å². The summed E-state index contributed by atoms with van der Waals surface area (Å²) in [5.74, 6) is -60.1. The molecule has 0 aliphatic rings. The van der Waals surface area contributed by atoms with Gasteiger partial charge in [0.2, 0.25) is 0 Å². The van der Waals surface area contributed by atoms with Crippen LogP contribution in [-0.4, -0.2) is 47.4 Å². The molecule has 0 heterocycles. The van der Waals surface area contributed by atoms with Crippen molar-refractivity contribution in [1.82, 2.24) is 0 Å². The van der Waals surface area contributed by atoms with Crippen LogP contribution in [0.3, 0.4) is 0 Å². The molecule has 0 aromatic heterocycles. The fraction of sp³-hybridized carbons (Fsp3) is 1.00. The minimum atomic E-state index is -8.33. The van der Waals surface area contributed by atoms with Crippen LogP contribution < -0.4 is 0 Å². The van der Waals surface area contributed by atoms with E-state index in [1.165, 1.54) is 0 Å². The fourth-order valence-electron chi connectivity index (χ4n) is 3.09. The van der Waals surface area contributed by atoms with Crippen molar-refractivity contribution in [3.05, 3.63) is 0 Å². The highest BCUT2D eigenvalue weighted by Crippen LogP contribution is 2.64. The monoisotopic (exact) mass is 570 g/mol. The molecular weight excluding hydrogens is 544 g/mol. The molecule has 0 spiro atoms. The Bertz CT molecular complexity index is 683. The number of halogens is 16. The summed E-state index contributed by atoms with van der Waals surface area (Å²) in [6.45, 7) is 2.78. The van der Waals surface area contributed by atoms with Crippen LogP contribution in [0, 0.1) is 0 Å². The van der Waals surface area contributed by atoms with Gasteiger partial charge in [-0.05, 0) is 12.8 Å². The van der Waals surface area contributed by atoms with Gasteiger partial charge in [0.1, 0.15) is 0 Å². The molecule has 0 nitrogen and oxygen atoms in total. The Morgan fingerprint density at radius 3 is 0.889 bits per heavy atom. The van der Waals surface area contributed by atoms with Crippen LogP contribution >= 0.6 is 0 Å². The molecule has 0 aliphatic carbocycles. The van der Waals surface area contributed by atoms with Gasteiger partial charge in [-0.25, -0.2) is 0 Å². The second kappa shape index (κ2) is 11.3. The van der Waals surface area contributed by atoms with Gasteiger partial charge in [0.05, 0.1) is 0 Å². The standard InChI is InChI=1S/C20H26F16/c1-3-5-7-8-9-10-12-14(23,24)16(27,28)18(31,32)20(35,36)19(33,34)17(29,30)15(25,26)13(21,22)11-6-4-2/h3-12H2,1-2H3. The van der Waals surface area contributed by atoms with Gasteiger partial charge >= 0.3 is 47.4 Å². The zero-order chi connectivity index (χ0) is 29.1. The Hall–Kier alpha value is -1.12. The van der Waals surface area contributed by atoms with Crippen molar-refractivity contribution in [3.63, 3.8) is 0 Å². The normalized spacial score (nSPS) is 15.5. The number of alkyl halides is 16. The molecule has 0 saturated heterocycles. The lowest BCUT2D eigenvalue weighted by molar-refractivity contribution is -0.453. The van der Waals surface area contributed by atoms with Crippen molar-refractivity contribution in [3.8, 4) is 0 Å². The quantitative estimate of drug-likeness (QED) is 0.121. The Morgan fingerprint density at radius 1 is 0.306 bits per heavy atom. The van der Waals surface area contributed by atoms with Crippen LogP contribution in [0.4, 0.5) is 70.2 Å². The van der Waals surface area contributed by atoms with Gasteiger partial charge < -0.3 is 0 Å². The van der Waals surface area contributed by atoms with Crippen molar-refractivity contribution in [1.29, 1.82) is 0 Å². The maximum atomic E-state index is 13.8. The molecule has 0 bridgehead atoms. The van der Waals surface area contributed by atoms with Gasteiger partial charge in [0, 0.05) is 12.8 Å². The Kier molecular flexibility index (Phi) is 11.0. The highest BCUT2D eigenvalue weighted by Gasteiger charge is 2.94. The molecule has 0 unspecified atom stereocenters. The maximum absolute atomic E-state index is 13.8. The summed E-state index contributed by atoms with van der Waals surface area (Å²) in [5, 5.41) is 0. The third kappa shape index (κ3) is 5.80. The first-order valence-electron chi connectivity index (χ1n) is 10.9. The minimum absolute atomic E-state index is 0.119. The summed E-state index contributed by atoms with van der Waals surface area (Å²) in [6, 6.07) is 0. The lowest BCUT2D eigenvalue weighted by Crippen LogP contribution is -2.74. The van der Waals surface area contributed by atoms with Crippen molar-refractivity contribution in [2.24, 2.45) is 0 Å². The van der Waals surface area contributed by atoms with E-state index in [-0.39, 0.29) is 12.8 Å². The van der Waals surface area contributed by atoms with Crippen LogP contribution in [0.15, 0.2) is 0 Å². The van der Waals surface area contributed by atoms with Gasteiger partial charge in [0.15, 0.2) is 0 Å². The maximum Gasteiger partial charge on any atom is 0.384 e. The molecule has 0 saturated carbocycles. The van der Waals surface area contributed by atoms with E-state index in [1.807, 2.05) is 0 Å². The number of hydrogen-bond acceptors (Lipinski definition) is 0. The van der Waals surface area contributed by atoms with Gasteiger partial charge in [-0.2, -0.15) is 70.2 Å². The summed E-state index contributed by atoms with van der Waals surface area (Å²) in [5.41, 5.74) is 0. The second-order valence-corrected chi connectivity index (χ2v) is 8.48. The molecule has 0 rings (SSSR count). The van der Waals surface area contributed by atoms with Gasteiger partial charge in [-0.1, -0.05) is 52.4 Å². The fourth-order valence-corrected chi connectivity index (χ4v) is 3.09. The van der Waals surface area contributed by atoms with Crippen molar-refractivity contribution in [2.75, 3.05) is 0 Å². The Morgan fingerprint density at radius 2 is 0.556 bits per heavy atom. The molecular formula is C20H26F16. The predicted molar refractivity (Wildman–Crippen MR) is 97.1 cm³/mol. The smallest absolute Gasteiger partial charge is 0.200 e. The average molecular weight is 570 g/mol. The van der Waals surface area contributed by atoms with Crippen LogP contribution in [0.25, 0.3) is 0 Å². The summed E-state index contributed by atoms with van der Waals surface area (Å²) in [6.07, 6.45) is -5.59. The van der Waals surface area contributed by atoms with E-state index in [0.717, 1.165) is 6.92 Å². The average Bonchev–Trinajstić information content (AvgIpc) is 2.73. The lowest BCUT2D eigenvalue weighted by atomic mass is 9.86. The predicted octanol–water partition coefficient (Wildman–Crippen LogP) is 10.0. The summed E-state index contributed by atoms with van der Waals surface area (Å²) >= 11 is 0. The van der Waals surface area contributed by atoms with Crippen molar-refractivity contribution >= 4 is 0 Å². The topological polar surface area (TPSA) is 0 Å². The second-order valence-electron chi connectivity index (χ2n) is 8.48. The molecule has 0 aromatic rings. The molecule has 16 heteroatoms. The molecule has 0 atom stereocenters. The summed E-state index contributed by atoms with van der Waals surface area (Å²) in [4.78, 5) is 0. The molecule has 0 N–H and O–H groups in total. The van der Waals surface area contributed by atoms with E-state index in [0.29, 0.717) is 19.3 Å². The minimum Gasteiger partial charge on any atom is -0.200 e. The van der Waals surface area contributed by atoms with E-state index < -0.39 is 79.5 Å². The largest absolute Gasteiger partial charge is 0.384 e. The Labute approximate surface area is 196 Å². The third-order valence-electron chi connectivity index (χ3n) is 5.58. The van der Waals surface area contributed by atoms with Gasteiger partial charge in [0.25, 0.3) is 0 Å². The molecule has 0 aromatic carbocycles. The van der Waals surface area contributed by atoms with Crippen LogP contribution in [0.2, 0.25) is 0 Å². The third-order valence-corrected chi connectivity index (χ3v) is 5.58. The van der Waals surface area contributed by atoms with Gasteiger partial charge in [-0.3, -0.25) is 0 Å². The molecule has 218 valence electrons. The molecule has 0 radical (unpaired) electrons. The molecule has 36 heavy (non-hydrogen) atoms. The first kappa shape index (κ1) is 34.9. The first-order chi connectivity index (χ1) is 15.9. The molecule has 0 amide bonds. The van der Waals surface area contributed by atoms with Crippen molar-refractivity contribution in [2.45, 2.75) is 125 Å². The van der Waals surface area contributed by atoms with E-state index in [1.54, 1.807) is 6.92 Å². The highest BCUT2D eigenvalue weighted by atomic mass is 19.4. The molecule has 0 aliphatic heterocycles. The van der Waals surface area contributed by atoms with Crippen LogP contribution in [-0.2, 0) is 0 Å². The van der Waals surface area contributed by atoms with Crippen LogP contribution in [0.1, 0.15) is 78.1 Å². The number of rotatable bonds is 17.